The van der Waals surface area contributed by atoms with Crippen LogP contribution < -0.4 is 11.1 Å². The second-order valence-electron chi connectivity index (χ2n) is 3.97. The van der Waals surface area contributed by atoms with E-state index in [1.165, 1.54) is 11.3 Å². The summed E-state index contributed by atoms with van der Waals surface area (Å²) >= 11 is 4.88. The van der Waals surface area contributed by atoms with Crippen molar-refractivity contribution >= 4 is 33.2 Å². The average molecular weight is 289 g/mol. The Kier molecular flexibility index (Phi) is 3.13. The highest BCUT2D eigenvalue weighted by Crippen LogP contribution is 2.27. The minimum atomic E-state index is 0.0192. The van der Waals surface area contributed by atoms with Gasteiger partial charge in [-0.05, 0) is 47.3 Å². The third-order valence-corrected chi connectivity index (χ3v) is 4.73. The van der Waals surface area contributed by atoms with Gasteiger partial charge in [-0.25, -0.2) is 0 Å². The van der Waals surface area contributed by atoms with Crippen LogP contribution >= 0.6 is 27.3 Å². The first-order chi connectivity index (χ1) is 7.06. The van der Waals surface area contributed by atoms with Gasteiger partial charge in [0, 0.05) is 12.1 Å². The van der Waals surface area contributed by atoms with Crippen molar-refractivity contribution in [2.45, 2.75) is 31.8 Å². The Hall–Kier alpha value is -0.390. The molecule has 0 aliphatic heterocycles. The number of rotatable bonds is 2. The first-order valence-corrected chi connectivity index (χ1v) is 6.49. The van der Waals surface area contributed by atoms with Gasteiger partial charge in [0.15, 0.2) is 0 Å². The van der Waals surface area contributed by atoms with Gasteiger partial charge in [0.25, 0.3) is 5.91 Å². The first-order valence-electron chi connectivity index (χ1n) is 4.88. The maximum absolute atomic E-state index is 11.8. The van der Waals surface area contributed by atoms with Crippen molar-refractivity contribution in [3.8, 4) is 0 Å². The lowest BCUT2D eigenvalue weighted by molar-refractivity contribution is 0.0914. The summed E-state index contributed by atoms with van der Waals surface area (Å²) < 4.78 is 1.03. The molecule has 2 rings (SSSR count). The molecule has 15 heavy (non-hydrogen) atoms. The highest BCUT2D eigenvalue weighted by molar-refractivity contribution is 9.11. The molecule has 1 aromatic rings. The van der Waals surface area contributed by atoms with Crippen LogP contribution in [-0.2, 0) is 0 Å². The van der Waals surface area contributed by atoms with E-state index in [0.717, 1.165) is 27.1 Å². The molecular formula is C10H13BrN2OS. The summed E-state index contributed by atoms with van der Waals surface area (Å²) in [6.07, 6.45) is 1.80. The third-order valence-electron chi connectivity index (χ3n) is 2.59. The molecule has 0 radical (unpaired) electrons. The van der Waals surface area contributed by atoms with Crippen LogP contribution in [0.5, 0.6) is 0 Å². The molecular weight excluding hydrogens is 276 g/mol. The minimum absolute atomic E-state index is 0.0192. The van der Waals surface area contributed by atoms with Gasteiger partial charge in [-0.3, -0.25) is 4.79 Å². The molecule has 82 valence electrons. The van der Waals surface area contributed by atoms with E-state index in [-0.39, 0.29) is 18.0 Å². The Morgan fingerprint density at radius 1 is 1.67 bits per heavy atom. The minimum Gasteiger partial charge on any atom is -0.348 e. The van der Waals surface area contributed by atoms with E-state index >= 15 is 0 Å². The molecule has 0 atom stereocenters. The number of carbonyl (C=O) groups is 1. The monoisotopic (exact) mass is 288 g/mol. The van der Waals surface area contributed by atoms with Crippen molar-refractivity contribution < 1.29 is 4.79 Å². The zero-order chi connectivity index (χ0) is 11.0. The van der Waals surface area contributed by atoms with Gasteiger partial charge in [0.1, 0.15) is 0 Å². The lowest BCUT2D eigenvalue weighted by Crippen LogP contribution is -2.50. The molecule has 3 N–H and O–H groups in total. The smallest absolute Gasteiger partial charge is 0.261 e. The van der Waals surface area contributed by atoms with Gasteiger partial charge in [0.05, 0.1) is 8.66 Å². The van der Waals surface area contributed by atoms with Gasteiger partial charge in [-0.15, -0.1) is 11.3 Å². The molecule has 1 aliphatic rings. The predicted molar refractivity (Wildman–Crippen MR) is 65.2 cm³/mol. The van der Waals surface area contributed by atoms with E-state index in [9.17, 15) is 4.79 Å². The van der Waals surface area contributed by atoms with Gasteiger partial charge >= 0.3 is 0 Å². The molecule has 1 saturated carbocycles. The SMILES string of the molecule is Cc1cc(C(=O)NC2CC(N)C2)sc1Br. The molecule has 0 aromatic carbocycles. The molecule has 0 bridgehead atoms. The number of hydrogen-bond donors (Lipinski definition) is 2. The number of halogens is 1. The van der Waals surface area contributed by atoms with E-state index in [1.807, 2.05) is 13.0 Å². The summed E-state index contributed by atoms with van der Waals surface area (Å²) in [6.45, 7) is 1.98. The highest BCUT2D eigenvalue weighted by atomic mass is 79.9. The molecule has 1 amide bonds. The second kappa shape index (κ2) is 4.23. The summed E-state index contributed by atoms with van der Waals surface area (Å²) in [5.74, 6) is 0.0192. The molecule has 0 saturated heterocycles. The number of aryl methyl sites for hydroxylation is 1. The topological polar surface area (TPSA) is 55.1 Å². The second-order valence-corrected chi connectivity index (χ2v) is 6.34. The van der Waals surface area contributed by atoms with Crippen LogP contribution in [0.1, 0.15) is 28.1 Å². The zero-order valence-electron chi connectivity index (χ0n) is 8.42. The number of nitrogens with two attached hydrogens (primary N) is 1. The molecule has 0 unspecified atom stereocenters. The van der Waals surface area contributed by atoms with Gasteiger partial charge in [-0.1, -0.05) is 0 Å². The lowest BCUT2D eigenvalue weighted by atomic mass is 9.87. The van der Waals surface area contributed by atoms with E-state index < -0.39 is 0 Å². The van der Waals surface area contributed by atoms with Crippen LogP contribution in [0.15, 0.2) is 9.85 Å². The van der Waals surface area contributed by atoms with Gasteiger partial charge < -0.3 is 11.1 Å². The molecule has 1 aliphatic carbocycles. The number of amides is 1. The first kappa shape index (κ1) is 11.1. The fourth-order valence-corrected chi connectivity index (χ4v) is 3.05. The van der Waals surface area contributed by atoms with E-state index in [1.54, 1.807) is 0 Å². The molecule has 1 heterocycles. The summed E-state index contributed by atoms with van der Waals surface area (Å²) in [4.78, 5) is 12.5. The summed E-state index contributed by atoms with van der Waals surface area (Å²) in [7, 11) is 0. The van der Waals surface area contributed by atoms with E-state index in [2.05, 4.69) is 21.2 Å². The zero-order valence-corrected chi connectivity index (χ0v) is 10.8. The van der Waals surface area contributed by atoms with Gasteiger partial charge in [0.2, 0.25) is 0 Å². The number of hydrogen-bond acceptors (Lipinski definition) is 3. The van der Waals surface area contributed by atoms with Crippen molar-refractivity contribution in [3.05, 3.63) is 20.3 Å². The quantitative estimate of drug-likeness (QED) is 0.875. The van der Waals surface area contributed by atoms with Crippen LogP contribution in [0, 0.1) is 6.92 Å². The van der Waals surface area contributed by atoms with Crippen molar-refractivity contribution in [2.75, 3.05) is 0 Å². The maximum atomic E-state index is 11.8. The summed E-state index contributed by atoms with van der Waals surface area (Å²) in [5.41, 5.74) is 6.76. The maximum Gasteiger partial charge on any atom is 0.261 e. The summed E-state index contributed by atoms with van der Waals surface area (Å²) in [6, 6.07) is 2.45. The van der Waals surface area contributed by atoms with Crippen molar-refractivity contribution in [1.82, 2.24) is 5.32 Å². The molecule has 3 nitrogen and oxygen atoms in total. The lowest BCUT2D eigenvalue weighted by Gasteiger charge is -2.32. The number of carbonyl (C=O) groups excluding carboxylic acids is 1. The molecule has 1 aromatic heterocycles. The van der Waals surface area contributed by atoms with Crippen molar-refractivity contribution in [1.29, 1.82) is 0 Å². The van der Waals surface area contributed by atoms with Crippen LogP contribution in [0.3, 0.4) is 0 Å². The molecule has 1 fully saturated rings. The van der Waals surface area contributed by atoms with Crippen molar-refractivity contribution in [3.63, 3.8) is 0 Å². The fraction of sp³-hybridized carbons (Fsp3) is 0.500. The highest BCUT2D eigenvalue weighted by Gasteiger charge is 2.27. The van der Waals surface area contributed by atoms with Crippen LogP contribution in [0.25, 0.3) is 0 Å². The largest absolute Gasteiger partial charge is 0.348 e. The van der Waals surface area contributed by atoms with Crippen LogP contribution in [-0.4, -0.2) is 18.0 Å². The van der Waals surface area contributed by atoms with E-state index in [4.69, 9.17) is 5.73 Å². The normalized spacial score (nSPS) is 24.7. The van der Waals surface area contributed by atoms with Crippen LogP contribution in [0.4, 0.5) is 0 Å². The third kappa shape index (κ3) is 2.41. The molecule has 0 spiro atoms. The Bertz CT molecular complexity index is 365. The Labute approximate surface area is 101 Å². The van der Waals surface area contributed by atoms with Crippen molar-refractivity contribution in [2.24, 2.45) is 5.73 Å². The Morgan fingerprint density at radius 2 is 2.33 bits per heavy atom. The van der Waals surface area contributed by atoms with E-state index in [0.29, 0.717) is 0 Å². The fourth-order valence-electron chi connectivity index (χ4n) is 1.61. The van der Waals surface area contributed by atoms with Gasteiger partial charge in [-0.2, -0.15) is 0 Å². The summed E-state index contributed by atoms with van der Waals surface area (Å²) in [5, 5.41) is 2.97. The molecule has 5 heteroatoms. The Morgan fingerprint density at radius 3 is 2.80 bits per heavy atom. The average Bonchev–Trinajstić information content (AvgIpc) is 2.44. The number of thiophene rings is 1. The Balaban J connectivity index is 1.96. The van der Waals surface area contributed by atoms with Crippen LogP contribution in [0.2, 0.25) is 0 Å². The predicted octanol–water partition coefficient (Wildman–Crippen LogP) is 2.04. The standard InChI is InChI=1S/C10H13BrN2OS/c1-5-2-8(15-9(5)11)10(14)13-7-3-6(12)4-7/h2,6-7H,3-4,12H2,1H3,(H,13,14). The number of nitrogens with one attached hydrogen (secondary N) is 1.